The number of carbonyl (C=O) groups excluding carboxylic acids is 1. The fourth-order valence-corrected chi connectivity index (χ4v) is 5.41. The molecule has 0 aliphatic carbocycles. The van der Waals surface area contributed by atoms with Crippen molar-refractivity contribution in [1.82, 2.24) is 14.6 Å². The number of nitrogens with zero attached hydrogens (tertiary/aromatic N) is 5. The van der Waals surface area contributed by atoms with Gasteiger partial charge in [0.15, 0.2) is 5.82 Å². The molecule has 10 nitrogen and oxygen atoms in total. The van der Waals surface area contributed by atoms with Gasteiger partial charge in [-0.1, -0.05) is 29.3 Å². The van der Waals surface area contributed by atoms with Gasteiger partial charge < -0.3 is 24.7 Å². The van der Waals surface area contributed by atoms with E-state index >= 15 is 0 Å². The summed E-state index contributed by atoms with van der Waals surface area (Å²) in [5.41, 5.74) is 1.19. The van der Waals surface area contributed by atoms with E-state index in [1.807, 2.05) is 19.0 Å². The minimum Gasteiger partial charge on any atom is -0.497 e. The quantitative estimate of drug-likeness (QED) is 0.299. The van der Waals surface area contributed by atoms with E-state index in [-0.39, 0.29) is 5.56 Å². The summed E-state index contributed by atoms with van der Waals surface area (Å²) in [4.78, 5) is 36.9. The third-order valence-corrected chi connectivity index (χ3v) is 7.77. The van der Waals surface area contributed by atoms with E-state index in [0.717, 1.165) is 13.1 Å². The summed E-state index contributed by atoms with van der Waals surface area (Å²) in [6, 6.07) is 15.9. The lowest BCUT2D eigenvalue weighted by molar-refractivity contribution is 0.253. The Bertz CT molecular complexity index is 1670. The van der Waals surface area contributed by atoms with Crippen LogP contribution in [0.25, 0.3) is 10.9 Å². The Labute approximate surface area is 253 Å². The van der Waals surface area contributed by atoms with Crippen molar-refractivity contribution in [3.05, 3.63) is 86.9 Å². The number of hydrogen-bond acceptors (Lipinski definition) is 7. The molecule has 3 aromatic carbocycles. The zero-order valence-corrected chi connectivity index (χ0v) is 25.3. The van der Waals surface area contributed by atoms with E-state index in [1.165, 1.54) is 12.0 Å². The first-order valence-electron chi connectivity index (χ1n) is 13.4. The van der Waals surface area contributed by atoms with Gasteiger partial charge in [0.25, 0.3) is 5.56 Å². The molecule has 12 heteroatoms. The van der Waals surface area contributed by atoms with Gasteiger partial charge in [-0.25, -0.2) is 14.5 Å². The van der Waals surface area contributed by atoms with Gasteiger partial charge in [0.1, 0.15) is 11.5 Å². The summed E-state index contributed by atoms with van der Waals surface area (Å²) in [7, 11) is 5.12. The number of nitrogens with one attached hydrogen (secondary N) is 1. The van der Waals surface area contributed by atoms with Crippen LogP contribution < -0.4 is 30.3 Å². The van der Waals surface area contributed by atoms with Crippen LogP contribution in [0.4, 0.5) is 16.2 Å². The second-order valence-corrected chi connectivity index (χ2v) is 10.9. The first-order chi connectivity index (χ1) is 20.2. The highest BCUT2D eigenvalue weighted by Crippen LogP contribution is 2.37. The molecule has 220 valence electrons. The Morgan fingerprint density at radius 3 is 2.40 bits per heavy atom. The van der Waals surface area contributed by atoms with E-state index in [4.69, 9.17) is 37.7 Å². The molecule has 2 amide bonds. The number of rotatable bonds is 7. The van der Waals surface area contributed by atoms with Gasteiger partial charge in [-0.05, 0) is 62.5 Å². The summed E-state index contributed by atoms with van der Waals surface area (Å²) in [5.74, 6) is 1.36. The number of aromatic nitrogens is 2. The van der Waals surface area contributed by atoms with Crippen molar-refractivity contribution in [2.75, 3.05) is 62.7 Å². The number of fused-ring (bicyclic) bond motifs is 1. The van der Waals surface area contributed by atoms with Crippen LogP contribution >= 0.6 is 23.2 Å². The molecule has 1 fully saturated rings. The second-order valence-electron chi connectivity index (χ2n) is 10.0. The Hall–Kier alpha value is -3.99. The van der Waals surface area contributed by atoms with E-state index in [1.54, 1.807) is 72.4 Å². The SMILES string of the molecule is COc1ccc(N(C(=O)Nc2cccc(Cl)c2)C(C)c2nc3ccc(Cl)cc3c(=O)n2N2CCN(C)CC2)c(OC)c1. The Morgan fingerprint density at radius 2 is 1.71 bits per heavy atom. The van der Waals surface area contributed by atoms with Crippen molar-refractivity contribution >= 4 is 51.5 Å². The number of ether oxygens (including phenoxy) is 2. The molecule has 1 saturated heterocycles. The molecule has 1 N–H and O–H groups in total. The first-order valence-corrected chi connectivity index (χ1v) is 14.2. The topological polar surface area (TPSA) is 92.2 Å². The van der Waals surface area contributed by atoms with Crippen molar-refractivity contribution in [3.63, 3.8) is 0 Å². The van der Waals surface area contributed by atoms with Crippen LogP contribution in [0.15, 0.2) is 65.5 Å². The minimum absolute atomic E-state index is 0.259. The summed E-state index contributed by atoms with van der Waals surface area (Å²) in [5, 5.41) is 6.23. The number of anilines is 2. The molecule has 0 radical (unpaired) electrons. The van der Waals surface area contributed by atoms with Gasteiger partial charge in [0.05, 0.1) is 36.9 Å². The Balaban J connectivity index is 1.69. The van der Waals surface area contributed by atoms with E-state index in [9.17, 15) is 9.59 Å². The molecular formula is C30H32Cl2N6O4. The molecule has 5 rings (SSSR count). The van der Waals surface area contributed by atoms with E-state index in [2.05, 4.69) is 10.2 Å². The average Bonchev–Trinajstić information content (AvgIpc) is 2.98. The van der Waals surface area contributed by atoms with Crippen LogP contribution in [0.2, 0.25) is 10.0 Å². The maximum Gasteiger partial charge on any atom is 0.327 e. The maximum atomic E-state index is 14.1. The molecule has 0 bridgehead atoms. The Kier molecular flexibility index (Phi) is 8.77. The predicted molar refractivity (Wildman–Crippen MR) is 167 cm³/mol. The summed E-state index contributed by atoms with van der Waals surface area (Å²) in [6.07, 6.45) is 0. The molecular weight excluding hydrogens is 579 g/mol. The van der Waals surface area contributed by atoms with Crippen molar-refractivity contribution in [3.8, 4) is 11.5 Å². The number of piperazine rings is 1. The Morgan fingerprint density at radius 1 is 0.976 bits per heavy atom. The first kappa shape index (κ1) is 29.5. The van der Waals surface area contributed by atoms with Crippen molar-refractivity contribution in [2.45, 2.75) is 13.0 Å². The number of likely N-dealkylation sites (N-methyl/N-ethyl adjacent to an activating group) is 1. The van der Waals surface area contributed by atoms with Crippen LogP contribution in [0.3, 0.4) is 0 Å². The molecule has 4 aromatic rings. The number of carbonyl (C=O) groups is 1. The van der Waals surface area contributed by atoms with Crippen molar-refractivity contribution < 1.29 is 14.3 Å². The van der Waals surface area contributed by atoms with E-state index < -0.39 is 12.1 Å². The molecule has 0 saturated carbocycles. The average molecular weight is 612 g/mol. The summed E-state index contributed by atoms with van der Waals surface area (Å²) in [6.45, 7) is 4.56. The number of methoxy groups -OCH3 is 2. The largest absolute Gasteiger partial charge is 0.497 e. The molecule has 1 aliphatic heterocycles. The third-order valence-electron chi connectivity index (χ3n) is 7.30. The van der Waals surface area contributed by atoms with Crippen molar-refractivity contribution in [1.29, 1.82) is 0 Å². The van der Waals surface area contributed by atoms with Crippen LogP contribution in [-0.4, -0.2) is 68.0 Å². The zero-order valence-electron chi connectivity index (χ0n) is 23.8. The molecule has 1 aromatic heterocycles. The number of hydrogen-bond donors (Lipinski definition) is 1. The van der Waals surface area contributed by atoms with Gasteiger partial charge in [0.2, 0.25) is 0 Å². The summed E-state index contributed by atoms with van der Waals surface area (Å²) < 4.78 is 12.7. The standard InChI is InChI=1S/C30H32Cl2N6O4/c1-19(28-34-25-10-8-21(32)17-24(25)29(39)38(28)36-14-12-35(2)13-15-36)37(26-11-9-23(41-3)18-27(26)42-4)30(40)33-22-7-5-6-20(31)16-22/h5-11,16-19H,12-15H2,1-4H3,(H,33,40). The zero-order chi connectivity index (χ0) is 30.0. The highest BCUT2D eigenvalue weighted by Gasteiger charge is 2.32. The molecule has 1 atom stereocenters. The predicted octanol–water partition coefficient (Wildman–Crippen LogP) is 5.40. The van der Waals surface area contributed by atoms with Gasteiger partial charge >= 0.3 is 6.03 Å². The second kappa shape index (κ2) is 12.5. The monoisotopic (exact) mass is 610 g/mol. The van der Waals surface area contributed by atoms with Gasteiger partial charge in [0, 0.05) is 48.0 Å². The lowest BCUT2D eigenvalue weighted by Crippen LogP contribution is -2.55. The molecule has 42 heavy (non-hydrogen) atoms. The minimum atomic E-state index is -0.737. The number of urea groups is 1. The van der Waals surface area contributed by atoms with E-state index in [0.29, 0.717) is 62.7 Å². The van der Waals surface area contributed by atoms with Gasteiger partial charge in [-0.15, -0.1) is 0 Å². The molecule has 2 heterocycles. The van der Waals surface area contributed by atoms with Crippen LogP contribution in [0.1, 0.15) is 18.8 Å². The van der Waals surface area contributed by atoms with Crippen LogP contribution in [-0.2, 0) is 0 Å². The van der Waals surface area contributed by atoms with Gasteiger partial charge in [-0.3, -0.25) is 9.69 Å². The normalized spacial score (nSPS) is 14.5. The molecule has 0 spiro atoms. The number of benzene rings is 3. The summed E-state index contributed by atoms with van der Waals surface area (Å²) >= 11 is 12.5. The smallest absolute Gasteiger partial charge is 0.327 e. The molecule has 1 unspecified atom stereocenters. The fourth-order valence-electron chi connectivity index (χ4n) is 5.05. The highest BCUT2D eigenvalue weighted by molar-refractivity contribution is 6.31. The number of halogens is 2. The van der Waals surface area contributed by atoms with Crippen molar-refractivity contribution in [2.24, 2.45) is 0 Å². The van der Waals surface area contributed by atoms with Gasteiger partial charge in [-0.2, -0.15) is 0 Å². The maximum absolute atomic E-state index is 14.1. The lowest BCUT2D eigenvalue weighted by atomic mass is 10.1. The highest BCUT2D eigenvalue weighted by atomic mass is 35.5. The third kappa shape index (κ3) is 5.97. The van der Waals surface area contributed by atoms with Crippen LogP contribution in [0, 0.1) is 0 Å². The molecule has 1 aliphatic rings. The lowest BCUT2D eigenvalue weighted by Gasteiger charge is -2.38. The fraction of sp³-hybridized carbons (Fsp3) is 0.300. The van der Waals surface area contributed by atoms with Crippen LogP contribution in [0.5, 0.6) is 11.5 Å². The number of amides is 2.